The van der Waals surface area contributed by atoms with Crippen molar-refractivity contribution in [2.75, 3.05) is 7.11 Å². The van der Waals surface area contributed by atoms with Gasteiger partial charge in [-0.1, -0.05) is 0 Å². The number of esters is 1. The number of carbonyl (C=O) groups is 2. The van der Waals surface area contributed by atoms with E-state index >= 15 is 0 Å². The fraction of sp³-hybridized carbons (Fsp3) is 0.778. The summed E-state index contributed by atoms with van der Waals surface area (Å²) in [5.41, 5.74) is 0. The van der Waals surface area contributed by atoms with E-state index in [4.69, 9.17) is 0 Å². The van der Waals surface area contributed by atoms with Crippen molar-refractivity contribution in [3.8, 4) is 0 Å². The van der Waals surface area contributed by atoms with Crippen LogP contribution in [-0.2, 0) is 14.3 Å². The number of amides is 1. The predicted molar refractivity (Wildman–Crippen MR) is 47.2 cm³/mol. The van der Waals surface area contributed by atoms with Crippen LogP contribution < -0.4 is 0 Å². The van der Waals surface area contributed by atoms with Gasteiger partial charge in [0.05, 0.1) is 7.11 Å². The number of carbonyl (C=O) groups excluding carboxylic acids is 2. The van der Waals surface area contributed by atoms with Gasteiger partial charge in [-0.2, -0.15) is 0 Å². The van der Waals surface area contributed by atoms with Gasteiger partial charge in [-0.25, -0.2) is 0 Å². The molecule has 0 radical (unpaired) electrons. The van der Waals surface area contributed by atoms with Crippen molar-refractivity contribution in [2.45, 2.75) is 38.0 Å². The Bertz CT molecular complexity index is 290. The van der Waals surface area contributed by atoms with E-state index in [9.17, 15) is 22.8 Å². The summed E-state index contributed by atoms with van der Waals surface area (Å²) in [5, 5.41) is 0. The highest BCUT2D eigenvalue weighted by Gasteiger charge is 2.48. The second kappa shape index (κ2) is 4.71. The summed E-state index contributed by atoms with van der Waals surface area (Å²) in [6, 6.07) is -0.938. The van der Waals surface area contributed by atoms with Crippen LogP contribution in [0, 0.1) is 0 Å². The van der Waals surface area contributed by atoms with E-state index in [1.54, 1.807) is 0 Å². The second-order valence-electron chi connectivity index (χ2n) is 3.54. The van der Waals surface area contributed by atoms with Gasteiger partial charge in [0.2, 0.25) is 5.91 Å². The molecule has 0 aliphatic carbocycles. The molecule has 1 amide bonds. The molecule has 4 nitrogen and oxygen atoms in total. The summed E-state index contributed by atoms with van der Waals surface area (Å²) < 4.78 is 41.7. The smallest absolute Gasteiger partial charge is 0.469 e. The Labute approximate surface area is 90.3 Å². The van der Waals surface area contributed by atoms with Crippen molar-refractivity contribution in [3.63, 3.8) is 0 Å². The van der Waals surface area contributed by atoms with Gasteiger partial charge < -0.3 is 4.74 Å². The first-order chi connectivity index (χ1) is 7.36. The molecule has 0 aromatic heterocycles. The van der Waals surface area contributed by atoms with Crippen molar-refractivity contribution in [1.29, 1.82) is 0 Å². The highest BCUT2D eigenvalue weighted by Crippen LogP contribution is 2.33. The van der Waals surface area contributed by atoms with Gasteiger partial charge >= 0.3 is 12.3 Å². The van der Waals surface area contributed by atoms with Gasteiger partial charge in [-0.05, 0) is 12.8 Å². The summed E-state index contributed by atoms with van der Waals surface area (Å²) in [4.78, 5) is 21.7. The number of hydrogen-bond acceptors (Lipinski definition) is 3. The molecule has 0 aromatic rings. The first-order valence-corrected chi connectivity index (χ1v) is 4.82. The summed E-state index contributed by atoms with van der Waals surface area (Å²) in [5.74, 6) is -1.50. The van der Waals surface area contributed by atoms with Gasteiger partial charge in [-0.15, -0.1) is 13.2 Å². The molecule has 0 aromatic carbocycles. The molecule has 0 bridgehead atoms. The quantitative estimate of drug-likeness (QED) is 0.553. The topological polar surface area (TPSA) is 46.6 Å². The Morgan fingerprint density at radius 1 is 1.56 bits per heavy atom. The molecule has 16 heavy (non-hydrogen) atoms. The third-order valence-electron chi connectivity index (χ3n) is 2.51. The minimum atomic E-state index is -4.66. The highest BCUT2D eigenvalue weighted by atomic mass is 19.4. The predicted octanol–water partition coefficient (Wildman–Crippen LogP) is 1.45. The van der Waals surface area contributed by atoms with Gasteiger partial charge in [0.25, 0.3) is 0 Å². The molecular formula is C9H12F3NO3. The maximum absolute atomic E-state index is 12.5. The van der Waals surface area contributed by atoms with Crippen molar-refractivity contribution in [2.24, 2.45) is 0 Å². The van der Waals surface area contributed by atoms with E-state index in [-0.39, 0.29) is 30.6 Å². The number of ether oxygens (including phenoxy) is 1. The molecule has 1 atom stereocenters. The molecule has 0 spiro atoms. The average Bonchev–Trinajstić information content (AvgIpc) is 2.55. The third-order valence-corrected chi connectivity index (χ3v) is 2.51. The minimum Gasteiger partial charge on any atom is -0.469 e. The van der Waals surface area contributed by atoms with E-state index in [1.165, 1.54) is 7.11 Å². The molecule has 1 aliphatic heterocycles. The van der Waals surface area contributed by atoms with Crippen LogP contribution in [-0.4, -0.2) is 36.2 Å². The molecule has 1 aliphatic rings. The zero-order valence-electron chi connectivity index (χ0n) is 8.71. The normalized spacial score (nSPS) is 21.4. The number of rotatable bonds is 3. The SMILES string of the molecule is COC(=O)CCC1CCC(=O)N1C(F)(F)F. The lowest BCUT2D eigenvalue weighted by Crippen LogP contribution is -2.44. The molecule has 1 rings (SSSR count). The van der Waals surface area contributed by atoms with Crippen LogP contribution in [0.15, 0.2) is 0 Å². The van der Waals surface area contributed by atoms with Crippen molar-refractivity contribution < 1.29 is 27.5 Å². The van der Waals surface area contributed by atoms with Crippen molar-refractivity contribution >= 4 is 11.9 Å². The minimum absolute atomic E-state index is 0.0159. The van der Waals surface area contributed by atoms with E-state index in [2.05, 4.69) is 4.74 Å². The van der Waals surface area contributed by atoms with E-state index < -0.39 is 24.2 Å². The fourth-order valence-corrected chi connectivity index (χ4v) is 1.75. The number of halogens is 3. The van der Waals surface area contributed by atoms with Crippen molar-refractivity contribution in [1.82, 2.24) is 4.90 Å². The monoisotopic (exact) mass is 239 g/mol. The zero-order valence-corrected chi connectivity index (χ0v) is 8.71. The number of methoxy groups -OCH3 is 1. The van der Waals surface area contributed by atoms with Gasteiger partial charge in [0, 0.05) is 18.9 Å². The van der Waals surface area contributed by atoms with Crippen LogP contribution in [0.1, 0.15) is 25.7 Å². The molecule has 0 N–H and O–H groups in total. The molecular weight excluding hydrogens is 227 g/mol. The molecule has 1 unspecified atom stereocenters. The lowest BCUT2D eigenvalue weighted by molar-refractivity contribution is -0.245. The Hall–Kier alpha value is -1.27. The number of nitrogens with zero attached hydrogens (tertiary/aromatic N) is 1. The first kappa shape index (κ1) is 12.8. The number of hydrogen-bond donors (Lipinski definition) is 0. The molecule has 0 saturated carbocycles. The molecule has 1 heterocycles. The Morgan fingerprint density at radius 2 is 2.19 bits per heavy atom. The van der Waals surface area contributed by atoms with Crippen LogP contribution in [0.5, 0.6) is 0 Å². The Morgan fingerprint density at radius 3 is 2.69 bits per heavy atom. The van der Waals surface area contributed by atoms with Crippen LogP contribution >= 0.6 is 0 Å². The number of alkyl halides is 3. The van der Waals surface area contributed by atoms with Crippen LogP contribution in [0.25, 0.3) is 0 Å². The summed E-state index contributed by atoms with van der Waals surface area (Å²) in [6.07, 6.45) is -4.77. The average molecular weight is 239 g/mol. The van der Waals surface area contributed by atoms with Crippen molar-refractivity contribution in [3.05, 3.63) is 0 Å². The Kier molecular flexibility index (Phi) is 3.77. The van der Waals surface area contributed by atoms with Crippen LogP contribution in [0.3, 0.4) is 0 Å². The third kappa shape index (κ3) is 2.86. The van der Waals surface area contributed by atoms with Crippen LogP contribution in [0.2, 0.25) is 0 Å². The Balaban J connectivity index is 2.59. The summed E-state index contributed by atoms with van der Waals surface area (Å²) in [7, 11) is 1.17. The standard InChI is InChI=1S/C9H12F3NO3/c1-16-8(15)5-3-6-2-4-7(14)13(6)9(10,11)12/h6H,2-5H2,1H3. The molecule has 7 heteroatoms. The molecule has 92 valence electrons. The van der Waals surface area contributed by atoms with Gasteiger partial charge in [0.1, 0.15) is 0 Å². The highest BCUT2D eigenvalue weighted by molar-refractivity contribution is 5.79. The first-order valence-electron chi connectivity index (χ1n) is 4.82. The maximum atomic E-state index is 12.5. The van der Waals surface area contributed by atoms with E-state index in [1.807, 2.05) is 0 Å². The van der Waals surface area contributed by atoms with E-state index in [0.29, 0.717) is 0 Å². The van der Waals surface area contributed by atoms with E-state index in [0.717, 1.165) is 0 Å². The van der Waals surface area contributed by atoms with Gasteiger partial charge in [-0.3, -0.25) is 14.5 Å². The lowest BCUT2D eigenvalue weighted by atomic mass is 10.1. The molecule has 1 fully saturated rings. The summed E-state index contributed by atoms with van der Waals surface area (Å²) in [6.45, 7) is 0. The summed E-state index contributed by atoms with van der Waals surface area (Å²) >= 11 is 0. The largest absolute Gasteiger partial charge is 0.487 e. The maximum Gasteiger partial charge on any atom is 0.487 e. The second-order valence-corrected chi connectivity index (χ2v) is 3.54. The number of likely N-dealkylation sites (tertiary alicyclic amines) is 1. The lowest BCUT2D eigenvalue weighted by Gasteiger charge is -2.26. The van der Waals surface area contributed by atoms with Gasteiger partial charge in [0.15, 0.2) is 0 Å². The fourth-order valence-electron chi connectivity index (χ4n) is 1.75. The van der Waals surface area contributed by atoms with Crippen LogP contribution in [0.4, 0.5) is 13.2 Å². The zero-order chi connectivity index (χ0) is 12.3. The molecule has 1 saturated heterocycles.